The van der Waals surface area contributed by atoms with Crippen molar-refractivity contribution in [2.24, 2.45) is 17.8 Å². The van der Waals surface area contributed by atoms with Gasteiger partial charge >= 0.3 is 0 Å². The van der Waals surface area contributed by atoms with Gasteiger partial charge in [-0.25, -0.2) is 0 Å². The van der Waals surface area contributed by atoms with Crippen LogP contribution in [0, 0.1) is 17.8 Å². The Morgan fingerprint density at radius 1 is 0.714 bits per heavy atom. The third kappa shape index (κ3) is 13.1. The summed E-state index contributed by atoms with van der Waals surface area (Å²) in [4.78, 5) is 0. The number of aliphatic hydroxyl groups excluding tert-OH is 1. The van der Waals surface area contributed by atoms with E-state index in [2.05, 4.69) is 39.1 Å². The highest BCUT2D eigenvalue weighted by Gasteiger charge is 2.30. The second-order valence-electron chi connectivity index (χ2n) is 11.6. The van der Waals surface area contributed by atoms with E-state index >= 15 is 0 Å². The molecule has 1 aliphatic rings. The maximum absolute atomic E-state index is 10.2. The van der Waals surface area contributed by atoms with E-state index in [1.54, 1.807) is 26.4 Å². The molecule has 1 saturated carbocycles. The van der Waals surface area contributed by atoms with Crippen LogP contribution in [-0.2, 0) is 27.1 Å². The molecule has 0 radical (unpaired) electrons. The highest BCUT2D eigenvalue weighted by atomic mass is 16.5. The minimum atomic E-state index is -0.484. The highest BCUT2D eigenvalue weighted by molar-refractivity contribution is 5.28. The van der Waals surface area contributed by atoms with Crippen molar-refractivity contribution in [1.29, 1.82) is 0 Å². The van der Waals surface area contributed by atoms with Crippen molar-refractivity contribution in [1.82, 2.24) is 0 Å². The Labute approximate surface area is 254 Å². The van der Waals surface area contributed by atoms with E-state index in [9.17, 15) is 5.11 Å². The Balaban J connectivity index is 0.000000299. The second-order valence-corrected chi connectivity index (χ2v) is 11.6. The monoisotopic (exact) mass is 582 g/mol. The minimum Gasteiger partial charge on any atom is -0.497 e. The summed E-state index contributed by atoms with van der Waals surface area (Å²) < 4.78 is 28.3. The van der Waals surface area contributed by atoms with Crippen LogP contribution in [0.2, 0.25) is 0 Å². The molecule has 234 valence electrons. The largest absolute Gasteiger partial charge is 0.497 e. The Kier molecular flexibility index (Phi) is 16.5. The summed E-state index contributed by atoms with van der Waals surface area (Å²) in [6.07, 6.45) is 7.09. The van der Waals surface area contributed by atoms with Crippen molar-refractivity contribution in [2.45, 2.75) is 77.8 Å². The van der Waals surface area contributed by atoms with Crippen LogP contribution in [0.4, 0.5) is 0 Å². The first-order valence-corrected chi connectivity index (χ1v) is 15.2. The van der Waals surface area contributed by atoms with E-state index in [1.165, 1.54) is 18.4 Å². The Bertz CT molecular complexity index is 997. The summed E-state index contributed by atoms with van der Waals surface area (Å²) in [5, 5.41) is 10.2. The molecule has 0 unspecified atom stereocenters. The standard InChI is InChI=1S/C20H30O3.C16H24O3/c1-5-12-22-19(13-16-8-10-18(21-4)11-9-16)20(15(2)3)23-14-17-6-7-17;1-5-10-19-15(16(17)12(2)3)11-13-6-8-14(18-4)9-7-13/h5,8-11,15,17,19-20H,1,6-7,12-14H2,2-4H3;5-9,12,15-17H,1,10-11H2,2-4H3/t19-,20+;15-,16+/m11/s1. The third-order valence-electron chi connectivity index (χ3n) is 7.36. The predicted molar refractivity (Wildman–Crippen MR) is 171 cm³/mol. The molecule has 3 rings (SSSR count). The molecule has 1 fully saturated rings. The zero-order valence-electron chi connectivity index (χ0n) is 26.7. The van der Waals surface area contributed by atoms with Gasteiger partial charge in [0, 0.05) is 19.4 Å². The van der Waals surface area contributed by atoms with Crippen LogP contribution in [0.5, 0.6) is 11.5 Å². The van der Waals surface area contributed by atoms with Crippen molar-refractivity contribution < 1.29 is 28.8 Å². The molecular weight excluding hydrogens is 528 g/mol. The summed E-state index contributed by atoms with van der Waals surface area (Å²) in [6, 6.07) is 16.0. The topological polar surface area (TPSA) is 66.4 Å². The average molecular weight is 583 g/mol. The van der Waals surface area contributed by atoms with Crippen LogP contribution in [0.1, 0.15) is 51.7 Å². The fourth-order valence-electron chi connectivity index (χ4n) is 4.61. The van der Waals surface area contributed by atoms with Gasteiger partial charge in [0.15, 0.2) is 0 Å². The van der Waals surface area contributed by atoms with Gasteiger partial charge in [0.25, 0.3) is 0 Å². The van der Waals surface area contributed by atoms with Crippen molar-refractivity contribution in [2.75, 3.05) is 34.0 Å². The first kappa shape index (κ1) is 35.6. The zero-order valence-corrected chi connectivity index (χ0v) is 26.7. The van der Waals surface area contributed by atoms with Crippen molar-refractivity contribution >= 4 is 0 Å². The van der Waals surface area contributed by atoms with Crippen LogP contribution in [0.3, 0.4) is 0 Å². The second kappa shape index (κ2) is 19.5. The van der Waals surface area contributed by atoms with Gasteiger partial charge in [0.05, 0.1) is 51.8 Å². The van der Waals surface area contributed by atoms with E-state index in [0.717, 1.165) is 36.0 Å². The number of rotatable bonds is 19. The van der Waals surface area contributed by atoms with Crippen molar-refractivity contribution in [3.8, 4) is 11.5 Å². The maximum Gasteiger partial charge on any atom is 0.118 e. The van der Waals surface area contributed by atoms with E-state index in [-0.39, 0.29) is 24.2 Å². The molecule has 0 saturated heterocycles. The van der Waals surface area contributed by atoms with E-state index in [1.807, 2.05) is 50.2 Å². The molecule has 2 aromatic rings. The summed E-state index contributed by atoms with van der Waals surface area (Å²) >= 11 is 0. The lowest BCUT2D eigenvalue weighted by Gasteiger charge is -2.30. The molecule has 0 spiro atoms. The summed E-state index contributed by atoms with van der Waals surface area (Å²) in [7, 11) is 3.33. The molecular formula is C36H54O6. The molecule has 0 heterocycles. The highest BCUT2D eigenvalue weighted by Crippen LogP contribution is 2.31. The van der Waals surface area contributed by atoms with Gasteiger partial charge in [-0.3, -0.25) is 0 Å². The van der Waals surface area contributed by atoms with Gasteiger partial charge < -0.3 is 28.8 Å². The van der Waals surface area contributed by atoms with Crippen LogP contribution >= 0.6 is 0 Å². The smallest absolute Gasteiger partial charge is 0.118 e. The molecule has 1 aliphatic carbocycles. The maximum atomic E-state index is 10.2. The number of aliphatic hydroxyl groups is 1. The van der Waals surface area contributed by atoms with Crippen LogP contribution < -0.4 is 9.47 Å². The number of hydrogen-bond donors (Lipinski definition) is 1. The molecule has 4 atom stereocenters. The summed E-state index contributed by atoms with van der Waals surface area (Å²) in [5.74, 6) is 3.05. The average Bonchev–Trinajstić information content (AvgIpc) is 3.83. The number of ether oxygens (including phenoxy) is 5. The SMILES string of the molecule is C=CCO[C@H](Cc1ccc(OC)cc1)[C@@H](O)C(C)C.C=CCO[C@H](Cc1ccc(OC)cc1)[C@@H](OCC1CC1)C(C)C. The quantitative estimate of drug-likeness (QED) is 0.179. The summed E-state index contributed by atoms with van der Waals surface area (Å²) in [5.41, 5.74) is 2.36. The minimum absolute atomic E-state index is 0.0418. The van der Waals surface area contributed by atoms with Gasteiger partial charge in [-0.05, 0) is 66.0 Å². The molecule has 1 N–H and O–H groups in total. The molecule has 42 heavy (non-hydrogen) atoms. The van der Waals surface area contributed by atoms with Gasteiger partial charge in [0.2, 0.25) is 0 Å². The Morgan fingerprint density at radius 2 is 1.17 bits per heavy atom. The zero-order chi connectivity index (χ0) is 30.9. The van der Waals surface area contributed by atoms with E-state index < -0.39 is 6.10 Å². The number of hydrogen-bond acceptors (Lipinski definition) is 6. The Hall–Kier alpha value is -2.64. The first-order chi connectivity index (χ1) is 20.2. The predicted octanol–water partition coefficient (Wildman–Crippen LogP) is 7.09. The van der Waals surface area contributed by atoms with E-state index in [4.69, 9.17) is 23.7 Å². The van der Waals surface area contributed by atoms with Gasteiger partial charge in [-0.15, -0.1) is 13.2 Å². The molecule has 0 aliphatic heterocycles. The molecule has 6 nitrogen and oxygen atoms in total. The molecule has 2 aromatic carbocycles. The van der Waals surface area contributed by atoms with Gasteiger partial charge in [-0.2, -0.15) is 0 Å². The number of methoxy groups -OCH3 is 2. The fraction of sp³-hybridized carbons (Fsp3) is 0.556. The third-order valence-corrected chi connectivity index (χ3v) is 7.36. The summed E-state index contributed by atoms with van der Waals surface area (Å²) in [6.45, 7) is 17.7. The Morgan fingerprint density at radius 3 is 1.55 bits per heavy atom. The normalized spacial score (nSPS) is 15.7. The number of benzene rings is 2. The van der Waals surface area contributed by atoms with Crippen LogP contribution in [-0.4, -0.2) is 63.6 Å². The van der Waals surface area contributed by atoms with Gasteiger partial charge in [-0.1, -0.05) is 64.1 Å². The lowest BCUT2D eigenvalue weighted by atomic mass is 9.96. The lowest BCUT2D eigenvalue weighted by molar-refractivity contribution is -0.0884. The molecule has 0 amide bonds. The van der Waals surface area contributed by atoms with E-state index in [0.29, 0.717) is 25.6 Å². The van der Waals surface area contributed by atoms with Crippen LogP contribution in [0.15, 0.2) is 73.8 Å². The molecule has 6 heteroatoms. The molecule has 0 bridgehead atoms. The van der Waals surface area contributed by atoms with Crippen molar-refractivity contribution in [3.63, 3.8) is 0 Å². The first-order valence-electron chi connectivity index (χ1n) is 15.2. The lowest BCUT2D eigenvalue weighted by Crippen LogP contribution is -2.38. The van der Waals surface area contributed by atoms with Crippen molar-refractivity contribution in [3.05, 3.63) is 85.0 Å². The van der Waals surface area contributed by atoms with Gasteiger partial charge in [0.1, 0.15) is 11.5 Å². The molecule has 0 aromatic heterocycles. The van der Waals surface area contributed by atoms with Crippen LogP contribution in [0.25, 0.3) is 0 Å². The fourth-order valence-corrected chi connectivity index (χ4v) is 4.61.